The Bertz CT molecular complexity index is 275. The second-order valence-corrected chi connectivity index (χ2v) is 4.97. The third kappa shape index (κ3) is 1.04. The molecule has 1 N–H and O–H groups in total. The molecule has 3 fully saturated rings. The van der Waals surface area contributed by atoms with E-state index in [1.165, 1.54) is 0 Å². The van der Waals surface area contributed by atoms with Gasteiger partial charge in [0.15, 0.2) is 0 Å². The molecule has 14 heavy (non-hydrogen) atoms. The summed E-state index contributed by atoms with van der Waals surface area (Å²) in [5.41, 5.74) is -0.134. The zero-order valence-corrected chi connectivity index (χ0v) is 8.45. The van der Waals surface area contributed by atoms with E-state index in [1.54, 1.807) is 0 Å². The predicted molar refractivity (Wildman–Crippen MR) is 50.8 cm³/mol. The summed E-state index contributed by atoms with van der Waals surface area (Å²) in [5, 5.41) is 3.17. The summed E-state index contributed by atoms with van der Waals surface area (Å²) in [6.45, 7) is 5.29. The van der Waals surface area contributed by atoms with Crippen LogP contribution in [0.3, 0.4) is 0 Å². The number of nitrogens with one attached hydrogen (secondary N) is 1. The molecule has 4 nitrogen and oxygen atoms in total. The van der Waals surface area contributed by atoms with E-state index in [9.17, 15) is 4.79 Å². The van der Waals surface area contributed by atoms with E-state index < -0.39 is 0 Å². The molecule has 0 radical (unpaired) electrons. The summed E-state index contributed by atoms with van der Waals surface area (Å²) in [5.74, 6) is 0.326. The Balaban J connectivity index is 1.74. The van der Waals surface area contributed by atoms with Gasteiger partial charge in [-0.05, 0) is 13.3 Å². The van der Waals surface area contributed by atoms with Crippen molar-refractivity contribution in [3.63, 3.8) is 0 Å². The number of fused-ring (bicyclic) bond motifs is 2. The highest BCUT2D eigenvalue weighted by Crippen LogP contribution is 2.33. The highest BCUT2D eigenvalue weighted by Gasteiger charge is 2.49. The van der Waals surface area contributed by atoms with E-state index in [1.807, 2.05) is 4.90 Å². The first-order valence-corrected chi connectivity index (χ1v) is 5.32. The fraction of sp³-hybridized carbons (Fsp3) is 0.900. The van der Waals surface area contributed by atoms with Crippen LogP contribution in [0.4, 0.5) is 0 Å². The largest absolute Gasteiger partial charge is 0.374 e. The van der Waals surface area contributed by atoms with E-state index in [0.29, 0.717) is 18.1 Å². The second-order valence-electron chi connectivity index (χ2n) is 4.97. The molecule has 0 aromatic heterocycles. The molecule has 3 rings (SSSR count). The molecule has 0 aliphatic carbocycles. The lowest BCUT2D eigenvalue weighted by atomic mass is 9.82. The van der Waals surface area contributed by atoms with Crippen molar-refractivity contribution in [2.75, 3.05) is 26.2 Å². The van der Waals surface area contributed by atoms with Crippen molar-refractivity contribution in [1.82, 2.24) is 10.2 Å². The normalized spacial score (nSPS) is 38.5. The number of nitrogens with zero attached hydrogens (tertiary/aromatic N) is 1. The maximum atomic E-state index is 12.2. The van der Waals surface area contributed by atoms with Gasteiger partial charge >= 0.3 is 0 Å². The van der Waals surface area contributed by atoms with E-state index in [4.69, 9.17) is 4.74 Å². The minimum Gasteiger partial charge on any atom is -0.374 e. The van der Waals surface area contributed by atoms with Crippen molar-refractivity contribution in [3.8, 4) is 0 Å². The molecule has 0 spiro atoms. The number of carbonyl (C=O) groups excluding carboxylic acids is 1. The lowest BCUT2D eigenvalue weighted by Crippen LogP contribution is -2.61. The number of amides is 1. The Morgan fingerprint density at radius 1 is 1.57 bits per heavy atom. The van der Waals surface area contributed by atoms with E-state index in [0.717, 1.165) is 32.7 Å². The molecule has 0 aromatic rings. The second kappa shape index (κ2) is 2.70. The number of carbonyl (C=O) groups is 1. The van der Waals surface area contributed by atoms with Crippen LogP contribution in [0, 0.1) is 5.41 Å². The average Bonchev–Trinajstić information content (AvgIpc) is 2.73. The zero-order chi connectivity index (χ0) is 9.76. The van der Waals surface area contributed by atoms with Crippen molar-refractivity contribution >= 4 is 5.91 Å². The molecular formula is C10H16N2O2. The Morgan fingerprint density at radius 2 is 2.36 bits per heavy atom. The van der Waals surface area contributed by atoms with Crippen LogP contribution in [-0.2, 0) is 9.53 Å². The van der Waals surface area contributed by atoms with Crippen LogP contribution in [0.1, 0.15) is 13.3 Å². The molecule has 3 saturated heterocycles. The molecule has 0 aromatic carbocycles. The molecule has 78 valence electrons. The molecule has 3 aliphatic heterocycles. The quantitative estimate of drug-likeness (QED) is 0.620. The SMILES string of the molecule is CC1(C(=O)N2CC3CC2CO3)CNC1. The first kappa shape index (κ1) is 8.68. The van der Waals surface area contributed by atoms with Crippen LogP contribution in [-0.4, -0.2) is 49.2 Å². The van der Waals surface area contributed by atoms with Gasteiger partial charge in [-0.25, -0.2) is 0 Å². The van der Waals surface area contributed by atoms with Crippen molar-refractivity contribution < 1.29 is 9.53 Å². The van der Waals surface area contributed by atoms with Gasteiger partial charge in [0.1, 0.15) is 0 Å². The zero-order valence-electron chi connectivity index (χ0n) is 8.45. The summed E-state index contributed by atoms with van der Waals surface area (Å²) in [6, 6.07) is 0.366. The monoisotopic (exact) mass is 196 g/mol. The maximum Gasteiger partial charge on any atom is 0.231 e. The minimum absolute atomic E-state index is 0.134. The standard InChI is InChI=1S/C10H16N2O2/c1-10(5-11-6-10)9(13)12-3-8-2-7(12)4-14-8/h7-8,11H,2-6H2,1H3. The summed E-state index contributed by atoms with van der Waals surface area (Å²) >= 11 is 0. The van der Waals surface area contributed by atoms with Gasteiger partial charge in [0.25, 0.3) is 0 Å². The van der Waals surface area contributed by atoms with Gasteiger partial charge in [-0.1, -0.05) is 0 Å². The van der Waals surface area contributed by atoms with Crippen LogP contribution < -0.4 is 5.32 Å². The van der Waals surface area contributed by atoms with E-state index in [2.05, 4.69) is 12.2 Å². The molecule has 2 unspecified atom stereocenters. The highest BCUT2D eigenvalue weighted by molar-refractivity contribution is 5.84. The molecule has 1 amide bonds. The third-order valence-electron chi connectivity index (χ3n) is 3.71. The smallest absolute Gasteiger partial charge is 0.231 e. The van der Waals surface area contributed by atoms with Crippen molar-refractivity contribution in [2.45, 2.75) is 25.5 Å². The number of hydrogen-bond acceptors (Lipinski definition) is 3. The van der Waals surface area contributed by atoms with Crippen molar-refractivity contribution in [1.29, 1.82) is 0 Å². The fourth-order valence-corrected chi connectivity index (χ4v) is 2.65. The lowest BCUT2D eigenvalue weighted by Gasteiger charge is -2.42. The number of rotatable bonds is 1. The van der Waals surface area contributed by atoms with Gasteiger partial charge in [0, 0.05) is 19.6 Å². The van der Waals surface area contributed by atoms with Gasteiger partial charge in [-0.2, -0.15) is 0 Å². The van der Waals surface area contributed by atoms with Gasteiger partial charge in [0.05, 0.1) is 24.2 Å². The maximum absolute atomic E-state index is 12.2. The van der Waals surface area contributed by atoms with Crippen LogP contribution in [0.2, 0.25) is 0 Å². The van der Waals surface area contributed by atoms with Crippen LogP contribution in [0.5, 0.6) is 0 Å². The molecule has 4 heteroatoms. The molecule has 3 aliphatic rings. The summed E-state index contributed by atoms with van der Waals surface area (Å²) < 4.78 is 5.49. The van der Waals surface area contributed by atoms with Gasteiger partial charge in [-0.15, -0.1) is 0 Å². The van der Waals surface area contributed by atoms with Crippen LogP contribution >= 0.6 is 0 Å². The number of likely N-dealkylation sites (tertiary alicyclic amines) is 1. The van der Waals surface area contributed by atoms with Crippen LogP contribution in [0.15, 0.2) is 0 Å². The number of hydrogen-bond donors (Lipinski definition) is 1. The van der Waals surface area contributed by atoms with E-state index >= 15 is 0 Å². The predicted octanol–water partition coefficient (Wildman–Crippen LogP) is -0.404. The molecule has 3 heterocycles. The topological polar surface area (TPSA) is 41.6 Å². The number of morpholine rings is 1. The fourth-order valence-electron chi connectivity index (χ4n) is 2.65. The van der Waals surface area contributed by atoms with Gasteiger partial charge < -0.3 is 15.0 Å². The Kier molecular flexibility index (Phi) is 1.67. The molecule has 0 saturated carbocycles. The minimum atomic E-state index is -0.134. The van der Waals surface area contributed by atoms with Crippen molar-refractivity contribution in [3.05, 3.63) is 0 Å². The van der Waals surface area contributed by atoms with Gasteiger partial charge in [0.2, 0.25) is 5.91 Å². The number of ether oxygens (including phenoxy) is 1. The summed E-state index contributed by atoms with van der Waals surface area (Å²) in [6.07, 6.45) is 1.37. The summed E-state index contributed by atoms with van der Waals surface area (Å²) in [4.78, 5) is 14.2. The van der Waals surface area contributed by atoms with Crippen LogP contribution in [0.25, 0.3) is 0 Å². The first-order chi connectivity index (χ1) is 6.69. The van der Waals surface area contributed by atoms with Gasteiger partial charge in [-0.3, -0.25) is 4.79 Å². The molecular weight excluding hydrogens is 180 g/mol. The Labute approximate surface area is 83.6 Å². The van der Waals surface area contributed by atoms with Crippen molar-refractivity contribution in [2.24, 2.45) is 5.41 Å². The van der Waals surface area contributed by atoms with E-state index in [-0.39, 0.29) is 5.41 Å². The highest BCUT2D eigenvalue weighted by atomic mass is 16.5. The average molecular weight is 196 g/mol. The molecule has 2 atom stereocenters. The molecule has 2 bridgehead atoms. The first-order valence-electron chi connectivity index (χ1n) is 5.32. The lowest BCUT2D eigenvalue weighted by molar-refractivity contribution is -0.148. The summed E-state index contributed by atoms with van der Waals surface area (Å²) in [7, 11) is 0. The Morgan fingerprint density at radius 3 is 2.79 bits per heavy atom. The third-order valence-corrected chi connectivity index (χ3v) is 3.71. The Hall–Kier alpha value is -0.610.